The zero-order valence-electron chi connectivity index (χ0n) is 11.2. The van der Waals surface area contributed by atoms with Crippen LogP contribution in [0.3, 0.4) is 0 Å². The van der Waals surface area contributed by atoms with E-state index in [2.05, 4.69) is 19.2 Å². The summed E-state index contributed by atoms with van der Waals surface area (Å²) >= 11 is 0. The monoisotopic (exact) mass is 251 g/mol. The highest BCUT2D eigenvalue weighted by Gasteiger charge is 2.31. The minimum Gasteiger partial charge on any atom is -0.376 e. The van der Waals surface area contributed by atoms with Crippen LogP contribution in [-0.2, 0) is 11.2 Å². The molecule has 0 bridgehead atoms. The van der Waals surface area contributed by atoms with Crippen LogP contribution >= 0.6 is 0 Å². The van der Waals surface area contributed by atoms with Crippen LogP contribution in [0.4, 0.5) is 4.39 Å². The number of nitrogens with one attached hydrogen (secondary N) is 1. The normalized spacial score (nSPS) is 25.3. The predicted molar refractivity (Wildman–Crippen MR) is 71.1 cm³/mol. The fraction of sp³-hybridized carbons (Fsp3) is 0.600. The lowest BCUT2D eigenvalue weighted by Gasteiger charge is -2.27. The molecular weight excluding hydrogens is 229 g/mol. The zero-order chi connectivity index (χ0) is 13.0. The molecule has 0 amide bonds. The van der Waals surface area contributed by atoms with Crippen molar-refractivity contribution in [3.05, 3.63) is 35.6 Å². The van der Waals surface area contributed by atoms with Crippen LogP contribution in [-0.4, -0.2) is 25.3 Å². The van der Waals surface area contributed by atoms with Crippen molar-refractivity contribution in [2.24, 2.45) is 5.92 Å². The molecule has 0 spiro atoms. The van der Waals surface area contributed by atoms with E-state index >= 15 is 0 Å². The third-order valence-corrected chi connectivity index (χ3v) is 3.68. The van der Waals surface area contributed by atoms with Crippen LogP contribution in [0.1, 0.15) is 25.8 Å². The van der Waals surface area contributed by atoms with Gasteiger partial charge in [-0.2, -0.15) is 0 Å². The third-order valence-electron chi connectivity index (χ3n) is 3.68. The van der Waals surface area contributed by atoms with E-state index in [1.807, 2.05) is 12.1 Å². The molecule has 1 aromatic carbocycles. The molecule has 18 heavy (non-hydrogen) atoms. The number of likely N-dealkylation sites (N-methyl/N-ethyl adjacent to an activating group) is 1. The van der Waals surface area contributed by atoms with Gasteiger partial charge < -0.3 is 10.1 Å². The Morgan fingerprint density at radius 1 is 1.39 bits per heavy atom. The molecule has 1 aliphatic rings. The summed E-state index contributed by atoms with van der Waals surface area (Å²) in [5.74, 6) is 0.415. The Morgan fingerprint density at radius 2 is 2.11 bits per heavy atom. The molecule has 0 aromatic heterocycles. The van der Waals surface area contributed by atoms with Crippen LogP contribution in [0.25, 0.3) is 0 Å². The van der Waals surface area contributed by atoms with Crippen molar-refractivity contribution < 1.29 is 9.13 Å². The summed E-state index contributed by atoms with van der Waals surface area (Å²) in [5, 5.41) is 3.50. The number of rotatable bonds is 5. The van der Waals surface area contributed by atoms with Crippen LogP contribution < -0.4 is 5.32 Å². The van der Waals surface area contributed by atoms with Gasteiger partial charge in [0.1, 0.15) is 5.82 Å². The number of hydrogen-bond donors (Lipinski definition) is 1. The molecular formula is C15H22FNO. The fourth-order valence-corrected chi connectivity index (χ4v) is 2.67. The number of hydrogen-bond acceptors (Lipinski definition) is 2. The van der Waals surface area contributed by atoms with Crippen molar-refractivity contribution in [3.8, 4) is 0 Å². The Labute approximate surface area is 109 Å². The summed E-state index contributed by atoms with van der Waals surface area (Å²) in [6, 6.07) is 7.09. The van der Waals surface area contributed by atoms with Gasteiger partial charge in [0.2, 0.25) is 0 Å². The molecule has 1 heterocycles. The topological polar surface area (TPSA) is 21.3 Å². The molecule has 1 saturated heterocycles. The van der Waals surface area contributed by atoms with Gasteiger partial charge in [-0.15, -0.1) is 0 Å². The largest absolute Gasteiger partial charge is 0.376 e. The molecule has 2 nitrogen and oxygen atoms in total. The predicted octanol–water partition coefficient (Wildman–Crippen LogP) is 2.77. The lowest BCUT2D eigenvalue weighted by molar-refractivity contribution is 0.0615. The van der Waals surface area contributed by atoms with E-state index in [1.165, 1.54) is 12.1 Å². The van der Waals surface area contributed by atoms with Crippen molar-refractivity contribution in [2.45, 2.75) is 38.8 Å². The summed E-state index contributed by atoms with van der Waals surface area (Å²) in [5.41, 5.74) is 1.16. The minimum atomic E-state index is -0.177. The summed E-state index contributed by atoms with van der Waals surface area (Å²) in [4.78, 5) is 0. The molecule has 3 unspecified atom stereocenters. The smallest absolute Gasteiger partial charge is 0.123 e. The summed E-state index contributed by atoms with van der Waals surface area (Å²) in [6.07, 6.45) is 2.30. The van der Waals surface area contributed by atoms with Crippen molar-refractivity contribution in [2.75, 3.05) is 13.2 Å². The van der Waals surface area contributed by atoms with Gasteiger partial charge in [0.05, 0.1) is 6.10 Å². The van der Waals surface area contributed by atoms with Gasteiger partial charge in [0.15, 0.2) is 0 Å². The first-order valence-electron chi connectivity index (χ1n) is 6.80. The van der Waals surface area contributed by atoms with Crippen molar-refractivity contribution in [1.29, 1.82) is 0 Å². The molecule has 0 saturated carbocycles. The maximum atomic E-state index is 12.9. The van der Waals surface area contributed by atoms with Crippen molar-refractivity contribution in [3.63, 3.8) is 0 Å². The molecule has 1 fully saturated rings. The van der Waals surface area contributed by atoms with Crippen molar-refractivity contribution in [1.82, 2.24) is 5.32 Å². The lowest BCUT2D eigenvalue weighted by Crippen LogP contribution is -2.43. The molecule has 1 N–H and O–H groups in total. The molecule has 3 atom stereocenters. The Bertz CT molecular complexity index is 365. The Balaban J connectivity index is 2.03. The van der Waals surface area contributed by atoms with E-state index in [0.717, 1.165) is 31.6 Å². The highest BCUT2D eigenvalue weighted by atomic mass is 19.1. The lowest BCUT2D eigenvalue weighted by atomic mass is 9.93. The molecule has 100 valence electrons. The SMILES string of the molecule is CCNC(Cc1ccc(F)cc1)C1OCCC1C. The Kier molecular flexibility index (Phi) is 4.72. The van der Waals surface area contributed by atoms with Gasteiger partial charge in [0.25, 0.3) is 0 Å². The first-order chi connectivity index (χ1) is 8.70. The first kappa shape index (κ1) is 13.5. The van der Waals surface area contributed by atoms with Gasteiger partial charge >= 0.3 is 0 Å². The van der Waals surface area contributed by atoms with E-state index in [9.17, 15) is 4.39 Å². The third kappa shape index (κ3) is 3.30. The summed E-state index contributed by atoms with van der Waals surface area (Å²) < 4.78 is 18.7. The quantitative estimate of drug-likeness (QED) is 0.869. The molecule has 1 aliphatic heterocycles. The summed E-state index contributed by atoms with van der Waals surface area (Å²) in [6.45, 7) is 6.14. The van der Waals surface area contributed by atoms with E-state index in [4.69, 9.17) is 4.74 Å². The van der Waals surface area contributed by atoms with Crippen LogP contribution in [0.5, 0.6) is 0 Å². The van der Waals surface area contributed by atoms with Gasteiger partial charge in [-0.1, -0.05) is 26.0 Å². The Hall–Kier alpha value is -0.930. The zero-order valence-corrected chi connectivity index (χ0v) is 11.2. The minimum absolute atomic E-state index is 0.177. The van der Waals surface area contributed by atoms with Gasteiger partial charge in [-0.05, 0) is 43.0 Å². The van der Waals surface area contributed by atoms with E-state index in [0.29, 0.717) is 12.0 Å². The second kappa shape index (κ2) is 6.30. The van der Waals surface area contributed by atoms with Gasteiger partial charge in [0, 0.05) is 12.6 Å². The molecule has 3 heteroatoms. The maximum absolute atomic E-state index is 12.9. The molecule has 1 aromatic rings. The second-order valence-electron chi connectivity index (χ2n) is 5.10. The van der Waals surface area contributed by atoms with Crippen molar-refractivity contribution >= 4 is 0 Å². The number of benzene rings is 1. The van der Waals surface area contributed by atoms with Crippen LogP contribution in [0.15, 0.2) is 24.3 Å². The average Bonchev–Trinajstić information content (AvgIpc) is 2.78. The van der Waals surface area contributed by atoms with E-state index < -0.39 is 0 Å². The van der Waals surface area contributed by atoms with E-state index in [-0.39, 0.29) is 11.9 Å². The standard InChI is InChI=1S/C15H22FNO/c1-3-17-14(15-11(2)8-9-18-15)10-12-4-6-13(16)7-5-12/h4-7,11,14-15,17H,3,8-10H2,1-2H3. The fourth-order valence-electron chi connectivity index (χ4n) is 2.67. The second-order valence-corrected chi connectivity index (χ2v) is 5.10. The highest BCUT2D eigenvalue weighted by Crippen LogP contribution is 2.24. The van der Waals surface area contributed by atoms with E-state index in [1.54, 1.807) is 0 Å². The molecule has 0 aliphatic carbocycles. The van der Waals surface area contributed by atoms with Gasteiger partial charge in [-0.3, -0.25) is 0 Å². The van der Waals surface area contributed by atoms with Gasteiger partial charge in [-0.25, -0.2) is 4.39 Å². The van der Waals surface area contributed by atoms with Crippen LogP contribution in [0, 0.1) is 11.7 Å². The molecule has 2 rings (SSSR count). The molecule has 0 radical (unpaired) electrons. The average molecular weight is 251 g/mol. The first-order valence-corrected chi connectivity index (χ1v) is 6.80. The number of halogens is 1. The summed E-state index contributed by atoms with van der Waals surface area (Å²) in [7, 11) is 0. The Morgan fingerprint density at radius 3 is 2.67 bits per heavy atom. The van der Waals surface area contributed by atoms with Crippen LogP contribution in [0.2, 0.25) is 0 Å². The highest BCUT2D eigenvalue weighted by molar-refractivity contribution is 5.17. The number of ether oxygens (including phenoxy) is 1. The maximum Gasteiger partial charge on any atom is 0.123 e.